The molecule has 1 atom stereocenters. The molecule has 142 valence electrons. The van der Waals surface area contributed by atoms with Crippen molar-refractivity contribution in [2.24, 2.45) is 5.41 Å². The van der Waals surface area contributed by atoms with Crippen molar-refractivity contribution in [1.29, 1.82) is 0 Å². The molecule has 2 aromatic rings. The number of aryl methyl sites for hydroxylation is 1. The summed E-state index contributed by atoms with van der Waals surface area (Å²) in [7, 11) is 0. The highest BCUT2D eigenvalue weighted by atomic mass is 35.5. The Balaban J connectivity index is 0.00000121. The predicted molar refractivity (Wildman–Crippen MR) is 108 cm³/mol. The van der Waals surface area contributed by atoms with Crippen LogP contribution in [-0.2, 0) is 6.54 Å². The van der Waals surface area contributed by atoms with E-state index in [0.29, 0.717) is 23.7 Å². The first kappa shape index (κ1) is 21.1. The summed E-state index contributed by atoms with van der Waals surface area (Å²) in [6.45, 7) is 4.66. The molecule has 1 aliphatic carbocycles. The van der Waals surface area contributed by atoms with Gasteiger partial charge in [-0.05, 0) is 67.1 Å². The highest BCUT2D eigenvalue weighted by Gasteiger charge is 2.57. The molecule has 26 heavy (non-hydrogen) atoms. The quantitative estimate of drug-likeness (QED) is 0.831. The summed E-state index contributed by atoms with van der Waals surface area (Å²) in [6.07, 6.45) is 6.71. The molecule has 0 radical (unpaired) electrons. The van der Waals surface area contributed by atoms with Crippen molar-refractivity contribution >= 4 is 42.1 Å². The van der Waals surface area contributed by atoms with Crippen LogP contribution in [0.3, 0.4) is 0 Å². The van der Waals surface area contributed by atoms with Crippen LogP contribution >= 0.6 is 36.2 Å². The summed E-state index contributed by atoms with van der Waals surface area (Å²) in [5.74, 6) is 0.00843. The maximum absolute atomic E-state index is 13.1. The zero-order chi connectivity index (χ0) is 16.6. The lowest BCUT2D eigenvalue weighted by atomic mass is 9.93. The SMILES string of the molecule is Cc1cnc(C(=O)N(Cc2ccsc2)C2CC23CCNCC3)cn1.Cl.Cl. The number of thiophene rings is 1. The lowest BCUT2D eigenvalue weighted by Gasteiger charge is -2.29. The number of amides is 1. The molecule has 1 saturated heterocycles. The van der Waals surface area contributed by atoms with Crippen LogP contribution in [0, 0.1) is 12.3 Å². The Bertz CT molecular complexity index is 717. The second-order valence-electron chi connectivity index (χ2n) is 6.94. The maximum Gasteiger partial charge on any atom is 0.274 e. The van der Waals surface area contributed by atoms with E-state index in [4.69, 9.17) is 0 Å². The maximum atomic E-state index is 13.1. The Morgan fingerprint density at radius 1 is 1.31 bits per heavy atom. The second kappa shape index (κ2) is 8.65. The molecule has 1 spiro atoms. The molecule has 0 aromatic carbocycles. The molecule has 1 saturated carbocycles. The van der Waals surface area contributed by atoms with E-state index in [1.807, 2.05) is 11.8 Å². The van der Waals surface area contributed by atoms with Crippen molar-refractivity contribution in [3.63, 3.8) is 0 Å². The Kier molecular flexibility index (Phi) is 7.02. The Morgan fingerprint density at radius 3 is 2.69 bits per heavy atom. The lowest BCUT2D eigenvalue weighted by Crippen LogP contribution is -2.39. The van der Waals surface area contributed by atoms with Crippen molar-refractivity contribution in [3.8, 4) is 0 Å². The summed E-state index contributed by atoms with van der Waals surface area (Å²) >= 11 is 1.67. The average Bonchev–Trinajstić information content (AvgIpc) is 3.04. The molecule has 5 nitrogen and oxygen atoms in total. The number of carbonyl (C=O) groups is 1. The molecular formula is C18H24Cl2N4OS. The number of piperidine rings is 1. The number of aromatic nitrogens is 2. The van der Waals surface area contributed by atoms with Crippen molar-refractivity contribution < 1.29 is 4.79 Å². The Hall–Kier alpha value is -1.21. The van der Waals surface area contributed by atoms with E-state index < -0.39 is 0 Å². The number of nitrogens with zero attached hydrogens (tertiary/aromatic N) is 3. The summed E-state index contributed by atoms with van der Waals surface area (Å²) in [6, 6.07) is 2.43. The summed E-state index contributed by atoms with van der Waals surface area (Å²) in [4.78, 5) is 23.7. The molecular weight excluding hydrogens is 391 g/mol. The van der Waals surface area contributed by atoms with E-state index in [2.05, 4.69) is 32.1 Å². The van der Waals surface area contributed by atoms with Crippen molar-refractivity contribution in [1.82, 2.24) is 20.2 Å². The van der Waals surface area contributed by atoms with Crippen LogP contribution in [0.25, 0.3) is 0 Å². The fourth-order valence-corrected chi connectivity index (χ4v) is 4.44. The van der Waals surface area contributed by atoms with Gasteiger partial charge >= 0.3 is 0 Å². The van der Waals surface area contributed by atoms with Gasteiger partial charge in [-0.25, -0.2) is 4.98 Å². The molecule has 1 N–H and O–H groups in total. The topological polar surface area (TPSA) is 58.1 Å². The highest BCUT2D eigenvalue weighted by Crippen LogP contribution is 2.56. The molecule has 2 aliphatic rings. The number of rotatable bonds is 4. The molecule has 4 rings (SSSR count). The third-order valence-electron chi connectivity index (χ3n) is 5.32. The zero-order valence-corrected chi connectivity index (χ0v) is 17.1. The predicted octanol–water partition coefficient (Wildman–Crippen LogP) is 3.47. The van der Waals surface area contributed by atoms with Gasteiger partial charge in [0, 0.05) is 18.8 Å². The smallest absolute Gasteiger partial charge is 0.274 e. The second-order valence-corrected chi connectivity index (χ2v) is 7.72. The van der Waals surface area contributed by atoms with Gasteiger partial charge in [-0.3, -0.25) is 9.78 Å². The van der Waals surface area contributed by atoms with Crippen LogP contribution in [0.2, 0.25) is 0 Å². The molecule has 8 heteroatoms. The van der Waals surface area contributed by atoms with Gasteiger partial charge in [-0.2, -0.15) is 11.3 Å². The normalized spacial score (nSPS) is 20.0. The van der Waals surface area contributed by atoms with E-state index in [1.54, 1.807) is 23.7 Å². The van der Waals surface area contributed by atoms with Crippen LogP contribution in [0.15, 0.2) is 29.2 Å². The van der Waals surface area contributed by atoms with Crippen LogP contribution < -0.4 is 5.32 Å². The average molecular weight is 415 g/mol. The lowest BCUT2D eigenvalue weighted by molar-refractivity contribution is 0.0686. The highest BCUT2D eigenvalue weighted by molar-refractivity contribution is 7.07. The van der Waals surface area contributed by atoms with Gasteiger partial charge in [-0.1, -0.05) is 0 Å². The van der Waals surface area contributed by atoms with Gasteiger partial charge in [0.2, 0.25) is 0 Å². The molecule has 2 aromatic heterocycles. The van der Waals surface area contributed by atoms with E-state index in [9.17, 15) is 4.79 Å². The van der Waals surface area contributed by atoms with Gasteiger partial charge < -0.3 is 10.2 Å². The minimum atomic E-state index is 0. The molecule has 1 amide bonds. The summed E-state index contributed by atoms with van der Waals surface area (Å²) < 4.78 is 0. The Morgan fingerprint density at radius 2 is 2.08 bits per heavy atom. The van der Waals surface area contributed by atoms with Crippen LogP contribution in [0.4, 0.5) is 0 Å². The van der Waals surface area contributed by atoms with Crippen LogP contribution in [-0.4, -0.2) is 39.9 Å². The first-order valence-corrected chi connectivity index (χ1v) is 9.44. The molecule has 1 unspecified atom stereocenters. The monoisotopic (exact) mass is 414 g/mol. The first-order valence-electron chi connectivity index (χ1n) is 8.49. The molecule has 1 aliphatic heterocycles. The Labute approximate surface area is 170 Å². The number of hydrogen-bond acceptors (Lipinski definition) is 5. The van der Waals surface area contributed by atoms with Gasteiger partial charge in [-0.15, -0.1) is 24.8 Å². The third kappa shape index (κ3) is 4.19. The van der Waals surface area contributed by atoms with E-state index in [1.165, 1.54) is 5.56 Å². The number of carbonyl (C=O) groups excluding carboxylic acids is 1. The fraction of sp³-hybridized carbons (Fsp3) is 0.500. The number of halogens is 2. The van der Waals surface area contributed by atoms with Crippen LogP contribution in [0.1, 0.15) is 41.0 Å². The first-order chi connectivity index (χ1) is 11.7. The number of hydrogen-bond donors (Lipinski definition) is 1. The largest absolute Gasteiger partial charge is 0.329 e. The van der Waals surface area contributed by atoms with Crippen LogP contribution in [0.5, 0.6) is 0 Å². The minimum Gasteiger partial charge on any atom is -0.329 e. The minimum absolute atomic E-state index is 0. The zero-order valence-electron chi connectivity index (χ0n) is 14.7. The van der Waals surface area contributed by atoms with E-state index in [-0.39, 0.29) is 30.7 Å². The van der Waals surface area contributed by atoms with Gasteiger partial charge in [0.1, 0.15) is 5.69 Å². The summed E-state index contributed by atoms with van der Waals surface area (Å²) in [5.41, 5.74) is 2.79. The molecule has 2 fully saturated rings. The summed E-state index contributed by atoms with van der Waals surface area (Å²) in [5, 5.41) is 7.62. The van der Waals surface area contributed by atoms with E-state index in [0.717, 1.165) is 38.0 Å². The van der Waals surface area contributed by atoms with Gasteiger partial charge in [0.25, 0.3) is 5.91 Å². The molecule has 0 bridgehead atoms. The van der Waals surface area contributed by atoms with Gasteiger partial charge in [0.15, 0.2) is 0 Å². The van der Waals surface area contributed by atoms with Gasteiger partial charge in [0.05, 0.1) is 11.9 Å². The standard InChI is InChI=1S/C18H22N4OS.2ClH/c1-13-9-21-15(10-20-13)17(23)22(11-14-2-7-24-12-14)16-8-18(16)3-5-19-6-4-18;;/h2,7,9-10,12,16,19H,3-6,8,11H2,1H3;2*1H. The van der Waals surface area contributed by atoms with Crippen molar-refractivity contribution in [3.05, 3.63) is 46.2 Å². The number of nitrogens with one attached hydrogen (secondary N) is 1. The van der Waals surface area contributed by atoms with Crippen molar-refractivity contribution in [2.75, 3.05) is 13.1 Å². The third-order valence-corrected chi connectivity index (χ3v) is 6.05. The molecule has 3 heterocycles. The fourth-order valence-electron chi connectivity index (χ4n) is 3.78. The van der Waals surface area contributed by atoms with Crippen molar-refractivity contribution in [2.45, 2.75) is 38.8 Å². The van der Waals surface area contributed by atoms with E-state index >= 15 is 0 Å².